The molecule has 42 heavy (non-hydrogen) atoms. The number of aromatic hydroxyl groups is 1. The van der Waals surface area contributed by atoms with Crippen LogP contribution in [0.4, 0.5) is 5.69 Å². The maximum atomic E-state index is 12.7. The molecule has 0 aliphatic carbocycles. The molecule has 2 rings (SSSR count). The number of unbranched alkanes of at least 4 members (excludes halogenated alkanes) is 15. The molecule has 0 aliphatic heterocycles. The van der Waals surface area contributed by atoms with Crippen molar-refractivity contribution < 1.29 is 18.3 Å². The van der Waals surface area contributed by atoms with Crippen LogP contribution in [0.1, 0.15) is 126 Å². The number of benzene rings is 2. The molecule has 0 atom stereocenters. The molecule has 0 radical (unpaired) electrons. The van der Waals surface area contributed by atoms with Gasteiger partial charge in [-0.05, 0) is 59.1 Å². The molecular weight excluding hydrogens is 632 g/mol. The molecule has 3 N–H and O–H groups in total. The van der Waals surface area contributed by atoms with E-state index in [1.807, 2.05) is 25.1 Å². The number of halogens is 1. The van der Waals surface area contributed by atoms with Crippen molar-refractivity contribution >= 4 is 49.3 Å². The molecule has 0 spiro atoms. The Hall–Kier alpha value is -1.71. The lowest BCUT2D eigenvalue weighted by molar-refractivity contribution is 0.0952. The van der Waals surface area contributed by atoms with Crippen molar-refractivity contribution in [2.24, 2.45) is 0 Å². The van der Waals surface area contributed by atoms with Gasteiger partial charge in [0.1, 0.15) is 0 Å². The van der Waals surface area contributed by atoms with Crippen molar-refractivity contribution in [2.45, 2.75) is 126 Å². The topological polar surface area (TPSA) is 95.5 Å². The molecule has 2 aromatic carbocycles. The Morgan fingerprint density at radius 2 is 1.38 bits per heavy atom. The molecule has 0 saturated carbocycles. The Bertz CT molecular complexity index is 1200. The van der Waals surface area contributed by atoms with Crippen LogP contribution in [0.3, 0.4) is 0 Å². The van der Waals surface area contributed by atoms with E-state index in [2.05, 4.69) is 32.9 Å². The van der Waals surface area contributed by atoms with E-state index in [9.17, 15) is 18.3 Å². The third kappa shape index (κ3) is 14.6. The number of phenolic OH excluding ortho intramolecular Hbond substituents is 1. The van der Waals surface area contributed by atoms with E-state index in [0.717, 1.165) is 34.5 Å². The fourth-order valence-electron chi connectivity index (χ4n) is 4.90. The van der Waals surface area contributed by atoms with E-state index in [-0.39, 0.29) is 17.3 Å². The summed E-state index contributed by atoms with van der Waals surface area (Å²) in [4.78, 5) is 14.4. The number of carbonyl (C=O) groups is 1. The molecule has 0 fully saturated rings. The van der Waals surface area contributed by atoms with Crippen molar-refractivity contribution in [3.8, 4) is 5.75 Å². The van der Waals surface area contributed by atoms with Gasteiger partial charge in [0, 0.05) is 21.9 Å². The molecule has 236 valence electrons. The highest BCUT2D eigenvalue weighted by Crippen LogP contribution is 2.43. The minimum Gasteiger partial charge on any atom is -0.505 e. The third-order valence-corrected chi connectivity index (χ3v) is 10.1. The predicted molar refractivity (Wildman–Crippen MR) is 181 cm³/mol. The van der Waals surface area contributed by atoms with Crippen LogP contribution in [0.15, 0.2) is 44.6 Å². The zero-order chi connectivity index (χ0) is 30.8. The molecular formula is C33H51BrN2O4S2. The van der Waals surface area contributed by atoms with Crippen molar-refractivity contribution in [3.05, 3.63) is 45.9 Å². The van der Waals surface area contributed by atoms with Crippen LogP contribution in [0.25, 0.3) is 0 Å². The fraction of sp³-hybridized carbons (Fsp3) is 0.606. The summed E-state index contributed by atoms with van der Waals surface area (Å²) < 4.78 is 26.2. The van der Waals surface area contributed by atoms with Gasteiger partial charge in [-0.3, -0.25) is 9.52 Å². The summed E-state index contributed by atoms with van der Waals surface area (Å²) in [6.07, 6.45) is 22.2. The van der Waals surface area contributed by atoms with Crippen molar-refractivity contribution in [2.75, 3.05) is 17.5 Å². The highest BCUT2D eigenvalue weighted by Gasteiger charge is 2.17. The summed E-state index contributed by atoms with van der Waals surface area (Å²) in [6, 6.07) is 8.97. The lowest BCUT2D eigenvalue weighted by Gasteiger charge is -2.14. The van der Waals surface area contributed by atoms with Gasteiger partial charge in [0.2, 0.25) is 10.0 Å². The van der Waals surface area contributed by atoms with E-state index >= 15 is 0 Å². The number of phenols is 1. The number of hydrogen-bond acceptors (Lipinski definition) is 5. The van der Waals surface area contributed by atoms with E-state index in [4.69, 9.17) is 0 Å². The maximum absolute atomic E-state index is 12.7. The summed E-state index contributed by atoms with van der Waals surface area (Å²) in [6.45, 7) is 4.78. The largest absolute Gasteiger partial charge is 0.505 e. The number of sulfonamides is 1. The van der Waals surface area contributed by atoms with Crippen molar-refractivity contribution in [1.82, 2.24) is 5.32 Å². The summed E-state index contributed by atoms with van der Waals surface area (Å²) in [7, 11) is -3.56. The van der Waals surface area contributed by atoms with Gasteiger partial charge in [-0.25, -0.2) is 8.42 Å². The van der Waals surface area contributed by atoms with Gasteiger partial charge in [0.15, 0.2) is 5.75 Å². The molecule has 0 bridgehead atoms. The standard InChI is InChI=1S/C33H51BrN2O4S2/c1-4-5-6-7-8-9-10-11-12-13-14-15-16-17-18-19-23-35-33(38)27-21-20-22-28(24-27)41-30-25-29(36-42(3,39)40)32(37)31(34)26(30)2/h20-22,24-25,36-37H,4-19,23H2,1-3H3,(H,35,38). The Morgan fingerprint density at radius 3 is 1.90 bits per heavy atom. The molecule has 0 aliphatic rings. The van der Waals surface area contributed by atoms with Crippen LogP contribution in [-0.2, 0) is 10.0 Å². The minimum atomic E-state index is -3.56. The highest BCUT2D eigenvalue weighted by atomic mass is 79.9. The van der Waals surface area contributed by atoms with Crippen LogP contribution >= 0.6 is 27.7 Å². The van der Waals surface area contributed by atoms with Gasteiger partial charge in [-0.2, -0.15) is 0 Å². The number of nitrogens with one attached hydrogen (secondary N) is 2. The average molecular weight is 684 g/mol. The monoisotopic (exact) mass is 682 g/mol. The first-order valence-corrected chi connectivity index (χ1v) is 19.2. The summed E-state index contributed by atoms with van der Waals surface area (Å²) >= 11 is 4.76. The van der Waals surface area contributed by atoms with Crippen LogP contribution < -0.4 is 10.0 Å². The van der Waals surface area contributed by atoms with Gasteiger partial charge in [-0.15, -0.1) is 0 Å². The van der Waals surface area contributed by atoms with Gasteiger partial charge < -0.3 is 10.4 Å². The Morgan fingerprint density at radius 1 is 0.857 bits per heavy atom. The molecule has 0 heterocycles. The Kier molecular flexibility index (Phi) is 17.6. The summed E-state index contributed by atoms with van der Waals surface area (Å²) in [5.41, 5.74) is 1.46. The third-order valence-electron chi connectivity index (χ3n) is 7.37. The molecule has 6 nitrogen and oxygen atoms in total. The van der Waals surface area contributed by atoms with E-state index in [1.165, 1.54) is 102 Å². The molecule has 1 amide bonds. The number of anilines is 1. The van der Waals surface area contributed by atoms with Gasteiger partial charge >= 0.3 is 0 Å². The molecule has 2 aromatic rings. The Balaban J connectivity index is 1.64. The van der Waals surface area contributed by atoms with Crippen molar-refractivity contribution in [1.29, 1.82) is 0 Å². The predicted octanol–water partition coefficient (Wildman–Crippen LogP) is 9.98. The van der Waals surface area contributed by atoms with Crippen LogP contribution in [-0.4, -0.2) is 32.2 Å². The normalized spacial score (nSPS) is 11.5. The second-order valence-corrected chi connectivity index (χ2v) is 14.9. The molecule has 0 unspecified atom stereocenters. The quantitative estimate of drug-likeness (QED) is 0.0848. The van der Waals surface area contributed by atoms with Crippen molar-refractivity contribution in [3.63, 3.8) is 0 Å². The fourth-order valence-corrected chi connectivity index (χ4v) is 7.03. The first-order chi connectivity index (χ1) is 20.1. The maximum Gasteiger partial charge on any atom is 0.251 e. The average Bonchev–Trinajstić information content (AvgIpc) is 2.95. The van der Waals surface area contributed by atoms with E-state index in [1.54, 1.807) is 12.1 Å². The van der Waals surface area contributed by atoms with Gasteiger partial charge in [0.05, 0.1) is 16.4 Å². The van der Waals surface area contributed by atoms with Gasteiger partial charge in [-0.1, -0.05) is 121 Å². The number of amides is 1. The first kappa shape index (κ1) is 36.5. The lowest BCUT2D eigenvalue weighted by Crippen LogP contribution is -2.24. The summed E-state index contributed by atoms with van der Waals surface area (Å²) in [5.74, 6) is -0.258. The van der Waals surface area contributed by atoms with Crippen LogP contribution in [0.2, 0.25) is 0 Å². The smallest absolute Gasteiger partial charge is 0.251 e. The molecule has 0 saturated heterocycles. The molecule has 0 aromatic heterocycles. The first-order valence-electron chi connectivity index (χ1n) is 15.7. The highest BCUT2D eigenvalue weighted by molar-refractivity contribution is 9.10. The van der Waals surface area contributed by atoms with Crippen LogP contribution in [0, 0.1) is 6.92 Å². The number of rotatable bonds is 22. The SMILES string of the molecule is CCCCCCCCCCCCCCCCCCNC(=O)c1cccc(Sc2cc(NS(C)(=O)=O)c(O)c(Br)c2C)c1. The lowest BCUT2D eigenvalue weighted by atomic mass is 10.0. The Labute approximate surface area is 267 Å². The zero-order valence-corrected chi connectivity index (χ0v) is 29.0. The van der Waals surface area contributed by atoms with Gasteiger partial charge in [0.25, 0.3) is 5.91 Å². The van der Waals surface area contributed by atoms with E-state index in [0.29, 0.717) is 16.6 Å². The van der Waals surface area contributed by atoms with Crippen LogP contribution in [0.5, 0.6) is 5.75 Å². The second-order valence-electron chi connectivity index (χ2n) is 11.3. The second kappa shape index (κ2) is 20.3. The molecule has 9 heteroatoms. The number of carbonyl (C=O) groups excluding carboxylic acids is 1. The van der Waals surface area contributed by atoms with E-state index < -0.39 is 10.0 Å². The zero-order valence-electron chi connectivity index (χ0n) is 25.8. The summed E-state index contributed by atoms with van der Waals surface area (Å²) in [5, 5.41) is 13.4. The number of hydrogen-bond donors (Lipinski definition) is 3. The minimum absolute atomic E-state index is 0.0959.